The number of aromatic nitrogens is 2. The van der Waals surface area contributed by atoms with Crippen molar-refractivity contribution < 1.29 is 9.21 Å². The van der Waals surface area contributed by atoms with E-state index in [1.807, 2.05) is 65.6 Å². The molecule has 0 saturated heterocycles. The minimum atomic E-state index is 0.0431. The third-order valence-corrected chi connectivity index (χ3v) is 5.24. The summed E-state index contributed by atoms with van der Waals surface area (Å²) in [6.45, 7) is 1.39. The van der Waals surface area contributed by atoms with Crippen LogP contribution in [0.15, 0.2) is 83.3 Å². The minimum Gasteiger partial charge on any atom is -0.416 e. The molecule has 1 amide bonds. The van der Waals surface area contributed by atoms with E-state index >= 15 is 0 Å². The Hall–Kier alpha value is -3.73. The molecule has 5 heteroatoms. The molecule has 1 aliphatic rings. The summed E-state index contributed by atoms with van der Waals surface area (Å²) in [6.07, 6.45) is 0.893. The third kappa shape index (κ3) is 3.43. The average molecular weight is 381 g/mol. The van der Waals surface area contributed by atoms with Gasteiger partial charge in [-0.3, -0.25) is 4.79 Å². The Balaban J connectivity index is 1.33. The lowest BCUT2D eigenvalue weighted by atomic mass is 9.99. The number of hydrogen-bond acceptors (Lipinski definition) is 4. The van der Waals surface area contributed by atoms with Gasteiger partial charge in [-0.15, -0.1) is 10.2 Å². The molecule has 29 heavy (non-hydrogen) atoms. The fourth-order valence-corrected chi connectivity index (χ4v) is 3.64. The fraction of sp³-hybridized carbons (Fsp3) is 0.125. The van der Waals surface area contributed by atoms with Gasteiger partial charge in [-0.2, -0.15) is 0 Å². The largest absolute Gasteiger partial charge is 0.416 e. The SMILES string of the molecule is O=C(c1ccc(-c2nnc(-c3ccccc3)o2)cc1)N1CCc2ccccc2C1. The van der Waals surface area contributed by atoms with Gasteiger partial charge in [0, 0.05) is 29.8 Å². The number of fused-ring (bicyclic) bond motifs is 1. The molecule has 0 unspecified atom stereocenters. The van der Waals surface area contributed by atoms with Crippen molar-refractivity contribution in [1.82, 2.24) is 15.1 Å². The van der Waals surface area contributed by atoms with E-state index in [2.05, 4.69) is 28.4 Å². The van der Waals surface area contributed by atoms with Crippen LogP contribution in [0.3, 0.4) is 0 Å². The number of carbonyl (C=O) groups is 1. The summed E-state index contributed by atoms with van der Waals surface area (Å²) in [5.74, 6) is 0.962. The third-order valence-electron chi connectivity index (χ3n) is 5.24. The first-order valence-corrected chi connectivity index (χ1v) is 9.63. The number of rotatable bonds is 3. The van der Waals surface area contributed by atoms with Gasteiger partial charge in [0.25, 0.3) is 5.91 Å². The van der Waals surface area contributed by atoms with Crippen LogP contribution in [-0.4, -0.2) is 27.5 Å². The number of hydrogen-bond donors (Lipinski definition) is 0. The highest BCUT2D eigenvalue weighted by Gasteiger charge is 2.21. The molecule has 0 aliphatic carbocycles. The maximum Gasteiger partial charge on any atom is 0.254 e. The van der Waals surface area contributed by atoms with Gasteiger partial charge in [0.15, 0.2) is 0 Å². The van der Waals surface area contributed by atoms with Gasteiger partial charge in [-0.1, -0.05) is 42.5 Å². The molecule has 0 spiro atoms. The summed E-state index contributed by atoms with van der Waals surface area (Å²) in [5.41, 5.74) is 4.89. The Labute approximate surface area is 168 Å². The molecule has 5 rings (SSSR count). The quantitative estimate of drug-likeness (QED) is 0.520. The number of benzene rings is 3. The number of nitrogens with zero attached hydrogens (tertiary/aromatic N) is 3. The predicted molar refractivity (Wildman–Crippen MR) is 110 cm³/mol. The first-order chi connectivity index (χ1) is 14.3. The highest BCUT2D eigenvalue weighted by atomic mass is 16.4. The van der Waals surface area contributed by atoms with Crippen molar-refractivity contribution in [3.05, 3.63) is 95.6 Å². The van der Waals surface area contributed by atoms with Gasteiger partial charge in [-0.05, 0) is 53.9 Å². The van der Waals surface area contributed by atoms with Crippen LogP contribution in [0.2, 0.25) is 0 Å². The van der Waals surface area contributed by atoms with Crippen LogP contribution in [0, 0.1) is 0 Å². The van der Waals surface area contributed by atoms with Gasteiger partial charge in [0.1, 0.15) is 0 Å². The van der Waals surface area contributed by atoms with Crippen LogP contribution in [-0.2, 0) is 13.0 Å². The molecule has 142 valence electrons. The minimum absolute atomic E-state index is 0.0431. The van der Waals surface area contributed by atoms with Crippen molar-refractivity contribution in [2.45, 2.75) is 13.0 Å². The van der Waals surface area contributed by atoms with E-state index < -0.39 is 0 Å². The molecule has 3 aromatic carbocycles. The van der Waals surface area contributed by atoms with Crippen molar-refractivity contribution in [1.29, 1.82) is 0 Å². The fourth-order valence-electron chi connectivity index (χ4n) is 3.64. The van der Waals surface area contributed by atoms with Crippen LogP contribution >= 0.6 is 0 Å². The van der Waals surface area contributed by atoms with E-state index in [9.17, 15) is 4.79 Å². The maximum atomic E-state index is 12.9. The smallest absolute Gasteiger partial charge is 0.254 e. The van der Waals surface area contributed by atoms with E-state index in [0.717, 1.165) is 24.1 Å². The molecule has 0 bridgehead atoms. The molecule has 1 aliphatic heterocycles. The van der Waals surface area contributed by atoms with Gasteiger partial charge in [-0.25, -0.2) is 0 Å². The first-order valence-electron chi connectivity index (χ1n) is 9.63. The summed E-state index contributed by atoms with van der Waals surface area (Å²) in [6, 6.07) is 25.3. The molecule has 0 radical (unpaired) electrons. The molecule has 5 nitrogen and oxygen atoms in total. The normalized spacial score (nSPS) is 13.2. The highest BCUT2D eigenvalue weighted by Crippen LogP contribution is 2.25. The van der Waals surface area contributed by atoms with Crippen molar-refractivity contribution >= 4 is 5.91 Å². The van der Waals surface area contributed by atoms with E-state index in [1.54, 1.807) is 0 Å². The topological polar surface area (TPSA) is 59.2 Å². The summed E-state index contributed by atoms with van der Waals surface area (Å²) < 4.78 is 5.79. The van der Waals surface area contributed by atoms with E-state index in [4.69, 9.17) is 4.42 Å². The van der Waals surface area contributed by atoms with Gasteiger partial charge >= 0.3 is 0 Å². The predicted octanol–water partition coefficient (Wildman–Crippen LogP) is 4.60. The lowest BCUT2D eigenvalue weighted by Gasteiger charge is -2.29. The van der Waals surface area contributed by atoms with Crippen LogP contribution in [0.25, 0.3) is 22.9 Å². The molecular weight excluding hydrogens is 362 g/mol. The Morgan fingerprint density at radius 2 is 1.38 bits per heavy atom. The second kappa shape index (κ2) is 7.36. The second-order valence-electron chi connectivity index (χ2n) is 7.10. The number of carbonyl (C=O) groups excluding carboxylic acids is 1. The first kappa shape index (κ1) is 17.4. The highest BCUT2D eigenvalue weighted by molar-refractivity contribution is 5.94. The van der Waals surface area contributed by atoms with E-state index in [-0.39, 0.29) is 5.91 Å². The lowest BCUT2D eigenvalue weighted by Crippen LogP contribution is -2.35. The standard InChI is InChI=1S/C24H19N3O2/c28-24(27-15-14-17-6-4-5-9-21(17)16-27)20-12-10-19(11-13-20)23-26-25-22(29-23)18-7-2-1-3-8-18/h1-13H,14-16H2. The number of amides is 1. The van der Waals surface area contributed by atoms with Crippen LogP contribution < -0.4 is 0 Å². The maximum absolute atomic E-state index is 12.9. The van der Waals surface area contributed by atoms with E-state index in [0.29, 0.717) is 23.9 Å². The summed E-state index contributed by atoms with van der Waals surface area (Å²) >= 11 is 0. The van der Waals surface area contributed by atoms with Crippen molar-refractivity contribution in [2.24, 2.45) is 0 Å². The Morgan fingerprint density at radius 3 is 2.10 bits per heavy atom. The Kier molecular flexibility index (Phi) is 4.41. The van der Waals surface area contributed by atoms with Crippen molar-refractivity contribution in [3.63, 3.8) is 0 Å². The molecule has 0 atom stereocenters. The zero-order chi connectivity index (χ0) is 19.6. The Morgan fingerprint density at radius 1 is 0.759 bits per heavy atom. The van der Waals surface area contributed by atoms with Gasteiger partial charge in [0.05, 0.1) is 0 Å². The molecular formula is C24H19N3O2. The van der Waals surface area contributed by atoms with Gasteiger partial charge < -0.3 is 9.32 Å². The van der Waals surface area contributed by atoms with Crippen LogP contribution in [0.5, 0.6) is 0 Å². The Bertz CT molecular complexity index is 1150. The summed E-state index contributed by atoms with van der Waals surface area (Å²) in [4.78, 5) is 14.8. The van der Waals surface area contributed by atoms with Crippen LogP contribution in [0.4, 0.5) is 0 Å². The molecule has 0 fully saturated rings. The monoisotopic (exact) mass is 381 g/mol. The molecule has 4 aromatic rings. The van der Waals surface area contributed by atoms with Gasteiger partial charge in [0.2, 0.25) is 11.8 Å². The zero-order valence-corrected chi connectivity index (χ0v) is 15.8. The molecule has 0 saturated carbocycles. The summed E-state index contributed by atoms with van der Waals surface area (Å²) in [5, 5.41) is 8.26. The molecule has 1 aromatic heterocycles. The van der Waals surface area contributed by atoms with Crippen molar-refractivity contribution in [2.75, 3.05) is 6.54 Å². The lowest BCUT2D eigenvalue weighted by molar-refractivity contribution is 0.0734. The van der Waals surface area contributed by atoms with Crippen molar-refractivity contribution in [3.8, 4) is 22.9 Å². The average Bonchev–Trinajstić information content (AvgIpc) is 3.29. The molecule has 0 N–H and O–H groups in total. The summed E-state index contributed by atoms with van der Waals surface area (Å²) in [7, 11) is 0. The zero-order valence-electron chi connectivity index (χ0n) is 15.8. The second-order valence-corrected chi connectivity index (χ2v) is 7.10. The van der Waals surface area contributed by atoms with E-state index in [1.165, 1.54) is 11.1 Å². The van der Waals surface area contributed by atoms with Crippen LogP contribution in [0.1, 0.15) is 21.5 Å². The molecule has 2 heterocycles.